The molecule has 47 heavy (non-hydrogen) atoms. The van der Waals surface area contributed by atoms with Gasteiger partial charge in [0, 0.05) is 38.8 Å². The molecule has 0 atom stereocenters. The Morgan fingerprint density at radius 1 is 0.681 bits per heavy atom. The van der Waals surface area contributed by atoms with E-state index in [9.17, 15) is 24.6 Å². The summed E-state index contributed by atoms with van der Waals surface area (Å²) in [7, 11) is 0. The predicted molar refractivity (Wildman–Crippen MR) is 177 cm³/mol. The van der Waals surface area contributed by atoms with E-state index < -0.39 is 17.0 Å². The van der Waals surface area contributed by atoms with E-state index in [1.54, 1.807) is 9.13 Å². The molecule has 2 saturated carbocycles. The number of benzene rings is 2. The quantitative estimate of drug-likeness (QED) is 0.317. The number of fused-ring (bicyclic) bond motifs is 2. The molecular formula is C36H44N4O7. The lowest BCUT2D eigenvalue weighted by molar-refractivity contribution is -0.203. The van der Waals surface area contributed by atoms with Crippen LogP contribution < -0.4 is 11.1 Å². The zero-order chi connectivity index (χ0) is 33.2. The Morgan fingerprint density at radius 3 is 1.60 bits per heavy atom. The Labute approximate surface area is 273 Å². The molecule has 0 unspecified atom stereocenters. The van der Waals surface area contributed by atoms with Crippen molar-refractivity contribution in [3.05, 3.63) is 80.6 Å². The maximum Gasteiger partial charge on any atom is 0.269 e. The van der Waals surface area contributed by atoms with E-state index in [1.807, 2.05) is 50.2 Å². The molecule has 2 aliphatic carbocycles. The second-order valence-corrected chi connectivity index (χ2v) is 13.6. The number of hydrogen-bond donors (Lipinski definition) is 2. The first-order valence-corrected chi connectivity index (χ1v) is 16.6. The zero-order valence-corrected chi connectivity index (χ0v) is 27.2. The van der Waals surface area contributed by atoms with Crippen molar-refractivity contribution in [3.8, 4) is 0 Å². The molecule has 7 rings (SSSR count). The van der Waals surface area contributed by atoms with Gasteiger partial charge >= 0.3 is 0 Å². The third-order valence-corrected chi connectivity index (χ3v) is 10.1. The number of carbonyl (C=O) groups excluding carboxylic acids is 1. The monoisotopic (exact) mass is 644 g/mol. The van der Waals surface area contributed by atoms with Gasteiger partial charge in [-0.25, -0.2) is 9.97 Å². The van der Waals surface area contributed by atoms with Gasteiger partial charge in [0.05, 0.1) is 58.9 Å². The summed E-state index contributed by atoms with van der Waals surface area (Å²) in [5, 5.41) is 21.5. The number of Topliss-reactive ketones (excluding diaryl/α,β-unsaturated/α-hetero) is 1. The Bertz CT molecular complexity index is 1870. The summed E-state index contributed by atoms with van der Waals surface area (Å²) in [6.45, 7) is 6.16. The smallest absolute Gasteiger partial charge is 0.269 e. The highest BCUT2D eigenvalue weighted by molar-refractivity contribution is 5.79. The molecule has 2 N–H and O–H groups in total. The first kappa shape index (κ1) is 33.1. The van der Waals surface area contributed by atoms with Crippen molar-refractivity contribution < 1.29 is 24.5 Å². The summed E-state index contributed by atoms with van der Waals surface area (Å²) >= 11 is 0. The number of carbonyl (C=O) groups is 1. The topological polar surface area (TPSA) is 146 Å². The molecule has 2 aromatic carbocycles. The maximum absolute atomic E-state index is 12.3. The molecule has 3 heterocycles. The van der Waals surface area contributed by atoms with E-state index in [-0.39, 0.29) is 16.9 Å². The fraction of sp³-hybridized carbons (Fsp3) is 0.528. The molecule has 0 amide bonds. The van der Waals surface area contributed by atoms with Gasteiger partial charge in [0.1, 0.15) is 5.78 Å². The molecule has 11 nitrogen and oxygen atoms in total. The first-order valence-electron chi connectivity index (χ1n) is 16.6. The van der Waals surface area contributed by atoms with Gasteiger partial charge in [-0.15, -0.1) is 0 Å². The van der Waals surface area contributed by atoms with Gasteiger partial charge in [0.25, 0.3) is 11.1 Å². The molecule has 3 fully saturated rings. The number of hydrogen-bond acceptors (Lipinski definition) is 9. The Hall–Kier alpha value is -3.77. The molecule has 2 aromatic heterocycles. The predicted octanol–water partition coefficient (Wildman–Crippen LogP) is 4.11. The van der Waals surface area contributed by atoms with Crippen molar-refractivity contribution in [3.63, 3.8) is 0 Å². The highest BCUT2D eigenvalue weighted by Gasteiger charge is 2.45. The minimum atomic E-state index is -0.841. The molecule has 0 bridgehead atoms. The fourth-order valence-electron chi connectivity index (χ4n) is 7.02. The Balaban J connectivity index is 0.000000166. The van der Waals surface area contributed by atoms with Crippen LogP contribution in [0.1, 0.15) is 75.3 Å². The van der Waals surface area contributed by atoms with Crippen molar-refractivity contribution in [1.29, 1.82) is 0 Å². The number of nitrogens with zero attached hydrogens (tertiary/aromatic N) is 4. The fourth-order valence-corrected chi connectivity index (χ4v) is 7.02. The number of aliphatic hydroxyl groups is 2. The largest absolute Gasteiger partial charge is 0.390 e. The van der Waals surface area contributed by atoms with Crippen molar-refractivity contribution in [2.75, 3.05) is 13.2 Å². The number of aryl methyl sites for hydroxylation is 4. The summed E-state index contributed by atoms with van der Waals surface area (Å²) in [6.07, 6.45) is 8.21. The van der Waals surface area contributed by atoms with Crippen LogP contribution in [-0.2, 0) is 27.4 Å². The summed E-state index contributed by atoms with van der Waals surface area (Å²) in [5.41, 5.74) is 3.44. The van der Waals surface area contributed by atoms with E-state index in [2.05, 4.69) is 9.97 Å². The summed E-state index contributed by atoms with van der Waals surface area (Å²) in [4.78, 5) is 44.1. The summed E-state index contributed by atoms with van der Waals surface area (Å²) in [5.74, 6) is -0.268. The van der Waals surface area contributed by atoms with Gasteiger partial charge < -0.3 is 28.8 Å². The van der Waals surface area contributed by atoms with Crippen molar-refractivity contribution >= 4 is 27.9 Å². The van der Waals surface area contributed by atoms with E-state index >= 15 is 0 Å². The molecule has 1 saturated heterocycles. The number of rotatable bonds is 6. The van der Waals surface area contributed by atoms with Crippen LogP contribution in [0.15, 0.2) is 58.4 Å². The third kappa shape index (κ3) is 7.54. The maximum atomic E-state index is 12.3. The molecule has 4 aromatic rings. The van der Waals surface area contributed by atoms with Gasteiger partial charge in [-0.3, -0.25) is 14.4 Å². The van der Waals surface area contributed by atoms with E-state index in [1.165, 1.54) is 12.4 Å². The van der Waals surface area contributed by atoms with Crippen LogP contribution in [0.3, 0.4) is 0 Å². The van der Waals surface area contributed by atoms with Crippen molar-refractivity contribution in [2.45, 2.75) is 108 Å². The molecule has 3 aliphatic rings. The van der Waals surface area contributed by atoms with Crippen LogP contribution in [-0.4, -0.2) is 65.3 Å². The Kier molecular flexibility index (Phi) is 9.44. The third-order valence-electron chi connectivity index (χ3n) is 10.1. The standard InChI is InChI=1S/C19H24N2O4.C17H20N2O3/c1-14-2-3-15-16(12-14)21(17(22)13-20-15)9-8-18(23)4-6-19(7-5-18)24-10-11-25-19;1-12-2-3-14-15(10-12)19(16(21)11-18-14)9-8-17(22)6-4-13(20)5-7-17/h2-3,12-13,23H,4-11H2,1H3;2-3,10-11,22H,4-9H2,1H3. The molecule has 1 spiro atoms. The normalized spacial score (nSPS) is 20.0. The zero-order valence-electron chi connectivity index (χ0n) is 27.2. The minimum Gasteiger partial charge on any atom is -0.390 e. The second-order valence-electron chi connectivity index (χ2n) is 13.6. The molecule has 11 heteroatoms. The highest BCUT2D eigenvalue weighted by atomic mass is 16.7. The lowest BCUT2D eigenvalue weighted by Gasteiger charge is -2.40. The van der Waals surface area contributed by atoms with Gasteiger partial charge in [-0.1, -0.05) is 12.1 Å². The van der Waals surface area contributed by atoms with E-state index in [0.29, 0.717) is 90.5 Å². The van der Waals surface area contributed by atoms with Gasteiger partial charge in [0.2, 0.25) is 0 Å². The SMILES string of the molecule is Cc1ccc2ncc(=O)n(CCC3(O)CCC(=O)CC3)c2c1.Cc1ccc2ncc(=O)n(CCC3(O)CCC4(CC3)OCCO4)c2c1. The number of ketones is 1. The highest BCUT2D eigenvalue weighted by Crippen LogP contribution is 2.41. The van der Waals surface area contributed by atoms with Crippen molar-refractivity contribution in [1.82, 2.24) is 19.1 Å². The van der Waals surface area contributed by atoms with Gasteiger partial charge in [-0.2, -0.15) is 0 Å². The molecular weight excluding hydrogens is 600 g/mol. The average Bonchev–Trinajstić information content (AvgIpc) is 3.52. The van der Waals surface area contributed by atoms with E-state index in [0.717, 1.165) is 33.2 Å². The lowest BCUT2D eigenvalue weighted by atomic mass is 9.79. The van der Waals surface area contributed by atoms with Crippen LogP contribution in [0.4, 0.5) is 0 Å². The van der Waals surface area contributed by atoms with E-state index in [4.69, 9.17) is 9.47 Å². The Morgan fingerprint density at radius 2 is 1.13 bits per heavy atom. The van der Waals surface area contributed by atoms with Crippen LogP contribution in [0, 0.1) is 13.8 Å². The first-order chi connectivity index (χ1) is 22.5. The average molecular weight is 645 g/mol. The molecule has 250 valence electrons. The summed E-state index contributed by atoms with van der Waals surface area (Å²) in [6, 6.07) is 11.7. The second kappa shape index (κ2) is 13.4. The molecule has 0 radical (unpaired) electrons. The number of aromatic nitrogens is 4. The van der Waals surface area contributed by atoms with Crippen LogP contribution in [0.2, 0.25) is 0 Å². The van der Waals surface area contributed by atoms with Crippen molar-refractivity contribution in [2.24, 2.45) is 0 Å². The van der Waals surface area contributed by atoms with Gasteiger partial charge in [-0.05, 0) is 87.8 Å². The van der Waals surface area contributed by atoms with Crippen LogP contribution in [0.5, 0.6) is 0 Å². The van der Waals surface area contributed by atoms with Crippen LogP contribution in [0.25, 0.3) is 22.1 Å². The number of ether oxygens (including phenoxy) is 2. The molecule has 1 aliphatic heterocycles. The minimum absolute atomic E-state index is 0.128. The summed E-state index contributed by atoms with van der Waals surface area (Å²) < 4.78 is 14.9. The lowest BCUT2D eigenvalue weighted by Crippen LogP contribution is -2.44. The van der Waals surface area contributed by atoms with Crippen LogP contribution >= 0.6 is 0 Å². The van der Waals surface area contributed by atoms with Gasteiger partial charge in [0.15, 0.2) is 5.79 Å².